The lowest BCUT2D eigenvalue weighted by Crippen LogP contribution is -2.03. The Hall–Kier alpha value is -2.56. The van der Waals surface area contributed by atoms with E-state index in [9.17, 15) is 0 Å². The number of nitrogens with two attached hydrogens (primary N) is 1. The molecule has 0 saturated carbocycles. The molecular formula is C15H17N5. The van der Waals surface area contributed by atoms with Gasteiger partial charge in [-0.15, -0.1) is 0 Å². The first-order valence-electron chi connectivity index (χ1n) is 6.71. The lowest BCUT2D eigenvalue weighted by molar-refractivity contribution is 0.819. The molecule has 0 aliphatic heterocycles. The molecule has 20 heavy (non-hydrogen) atoms. The highest BCUT2D eigenvalue weighted by Gasteiger charge is 2.03. The highest BCUT2D eigenvalue weighted by molar-refractivity contribution is 5.72. The van der Waals surface area contributed by atoms with Crippen molar-refractivity contribution in [3.05, 3.63) is 48.3 Å². The SMILES string of the molecule is Nc1ccc2[nH]c(CCCNc3ccccc3)nc2n1. The average Bonchev–Trinajstić information content (AvgIpc) is 2.86. The summed E-state index contributed by atoms with van der Waals surface area (Å²) in [5.74, 6) is 1.45. The van der Waals surface area contributed by atoms with Crippen LogP contribution in [0, 0.1) is 0 Å². The van der Waals surface area contributed by atoms with Gasteiger partial charge < -0.3 is 16.0 Å². The van der Waals surface area contributed by atoms with E-state index in [0.717, 1.165) is 36.4 Å². The molecule has 0 aliphatic carbocycles. The number of rotatable bonds is 5. The van der Waals surface area contributed by atoms with Crippen LogP contribution in [0.25, 0.3) is 11.2 Å². The molecule has 0 radical (unpaired) electrons. The number of imidazole rings is 1. The molecule has 0 aliphatic rings. The Morgan fingerprint density at radius 3 is 2.75 bits per heavy atom. The van der Waals surface area contributed by atoms with Gasteiger partial charge in [0.1, 0.15) is 11.6 Å². The van der Waals surface area contributed by atoms with E-state index in [2.05, 4.69) is 32.4 Å². The quantitative estimate of drug-likeness (QED) is 0.621. The number of hydrogen-bond acceptors (Lipinski definition) is 4. The number of benzene rings is 1. The van der Waals surface area contributed by atoms with Crippen LogP contribution < -0.4 is 11.1 Å². The molecule has 0 spiro atoms. The molecule has 0 saturated heterocycles. The molecule has 2 heterocycles. The summed E-state index contributed by atoms with van der Waals surface area (Å²) in [4.78, 5) is 11.9. The molecule has 4 N–H and O–H groups in total. The van der Waals surface area contributed by atoms with Crippen LogP contribution in [0.4, 0.5) is 11.5 Å². The first kappa shape index (κ1) is 12.5. The van der Waals surface area contributed by atoms with Gasteiger partial charge in [-0.05, 0) is 30.7 Å². The van der Waals surface area contributed by atoms with Gasteiger partial charge in [0.25, 0.3) is 0 Å². The zero-order valence-corrected chi connectivity index (χ0v) is 11.1. The summed E-state index contributed by atoms with van der Waals surface area (Å²) in [6.45, 7) is 0.913. The number of aromatic nitrogens is 3. The molecule has 3 rings (SSSR count). The van der Waals surface area contributed by atoms with E-state index >= 15 is 0 Å². The van der Waals surface area contributed by atoms with Crippen LogP contribution in [0.1, 0.15) is 12.2 Å². The maximum atomic E-state index is 5.64. The van der Waals surface area contributed by atoms with Crippen molar-refractivity contribution in [2.45, 2.75) is 12.8 Å². The third kappa shape index (κ3) is 2.88. The standard InChI is InChI=1S/C15H17N5/c16-13-9-8-12-15(19-13)20-14(18-12)7-4-10-17-11-5-2-1-3-6-11/h1-3,5-6,8-9,17H,4,7,10H2,(H3,16,18,19,20). The summed E-state index contributed by atoms with van der Waals surface area (Å²) in [7, 11) is 0. The van der Waals surface area contributed by atoms with E-state index in [1.54, 1.807) is 6.07 Å². The zero-order valence-electron chi connectivity index (χ0n) is 11.1. The zero-order chi connectivity index (χ0) is 13.8. The van der Waals surface area contributed by atoms with Crippen LogP contribution in [-0.4, -0.2) is 21.5 Å². The Morgan fingerprint density at radius 1 is 1.05 bits per heavy atom. The lowest BCUT2D eigenvalue weighted by Gasteiger charge is -2.04. The van der Waals surface area contributed by atoms with Gasteiger partial charge in [0.15, 0.2) is 5.65 Å². The van der Waals surface area contributed by atoms with Crippen molar-refractivity contribution in [3.8, 4) is 0 Å². The van der Waals surface area contributed by atoms with Crippen molar-refractivity contribution in [3.63, 3.8) is 0 Å². The van der Waals surface area contributed by atoms with Crippen LogP contribution in [0.15, 0.2) is 42.5 Å². The second-order valence-electron chi connectivity index (χ2n) is 4.69. The highest BCUT2D eigenvalue weighted by atomic mass is 15.0. The normalized spacial score (nSPS) is 10.8. The fraction of sp³-hybridized carbons (Fsp3) is 0.200. The van der Waals surface area contributed by atoms with E-state index in [1.807, 2.05) is 24.3 Å². The topological polar surface area (TPSA) is 79.6 Å². The number of fused-ring (bicyclic) bond motifs is 1. The Bertz CT molecular complexity index is 690. The molecular weight excluding hydrogens is 250 g/mol. The third-order valence-electron chi connectivity index (χ3n) is 3.11. The van der Waals surface area contributed by atoms with Gasteiger partial charge in [-0.3, -0.25) is 0 Å². The van der Waals surface area contributed by atoms with Crippen molar-refractivity contribution in [2.75, 3.05) is 17.6 Å². The van der Waals surface area contributed by atoms with Gasteiger partial charge in [0.2, 0.25) is 0 Å². The van der Waals surface area contributed by atoms with Crippen LogP contribution in [0.3, 0.4) is 0 Å². The monoisotopic (exact) mass is 267 g/mol. The van der Waals surface area contributed by atoms with Crippen molar-refractivity contribution in [1.29, 1.82) is 0 Å². The Labute approximate surface area is 117 Å². The van der Waals surface area contributed by atoms with E-state index in [1.165, 1.54) is 0 Å². The fourth-order valence-corrected chi connectivity index (χ4v) is 2.12. The van der Waals surface area contributed by atoms with Crippen molar-refractivity contribution < 1.29 is 0 Å². The minimum Gasteiger partial charge on any atom is -0.385 e. The van der Waals surface area contributed by atoms with Gasteiger partial charge >= 0.3 is 0 Å². The highest BCUT2D eigenvalue weighted by Crippen LogP contribution is 2.12. The lowest BCUT2D eigenvalue weighted by atomic mass is 10.2. The maximum absolute atomic E-state index is 5.64. The second-order valence-corrected chi connectivity index (χ2v) is 4.69. The third-order valence-corrected chi connectivity index (χ3v) is 3.11. The molecule has 5 nitrogen and oxygen atoms in total. The fourth-order valence-electron chi connectivity index (χ4n) is 2.12. The van der Waals surface area contributed by atoms with Gasteiger partial charge in [-0.2, -0.15) is 0 Å². The maximum Gasteiger partial charge on any atom is 0.179 e. The van der Waals surface area contributed by atoms with Crippen molar-refractivity contribution in [1.82, 2.24) is 15.0 Å². The molecule has 2 aromatic heterocycles. The molecule has 5 heteroatoms. The number of aromatic amines is 1. The number of pyridine rings is 1. The number of hydrogen-bond donors (Lipinski definition) is 3. The molecule has 3 aromatic rings. The van der Waals surface area contributed by atoms with Gasteiger partial charge in [-0.25, -0.2) is 9.97 Å². The van der Waals surface area contributed by atoms with Gasteiger partial charge in [0, 0.05) is 18.7 Å². The summed E-state index contributed by atoms with van der Waals surface area (Å²) in [6.07, 6.45) is 1.89. The van der Waals surface area contributed by atoms with Crippen LogP contribution >= 0.6 is 0 Å². The first-order chi connectivity index (χ1) is 9.81. The summed E-state index contributed by atoms with van der Waals surface area (Å²) < 4.78 is 0. The minimum atomic E-state index is 0.501. The van der Waals surface area contributed by atoms with E-state index < -0.39 is 0 Å². The van der Waals surface area contributed by atoms with Gasteiger partial charge in [0.05, 0.1) is 5.52 Å². The Balaban J connectivity index is 1.55. The molecule has 0 unspecified atom stereocenters. The number of nitrogen functional groups attached to an aromatic ring is 1. The molecule has 0 atom stereocenters. The van der Waals surface area contributed by atoms with Crippen molar-refractivity contribution in [2.24, 2.45) is 0 Å². The first-order valence-corrected chi connectivity index (χ1v) is 6.71. The van der Waals surface area contributed by atoms with E-state index in [-0.39, 0.29) is 0 Å². The summed E-state index contributed by atoms with van der Waals surface area (Å²) in [6, 6.07) is 13.9. The Kier molecular flexibility index (Phi) is 3.50. The number of H-pyrrole nitrogens is 1. The molecule has 102 valence electrons. The number of anilines is 2. The molecule has 0 bridgehead atoms. The molecule has 1 aromatic carbocycles. The van der Waals surface area contributed by atoms with E-state index in [0.29, 0.717) is 11.5 Å². The Morgan fingerprint density at radius 2 is 1.90 bits per heavy atom. The number of para-hydroxylation sites is 1. The average molecular weight is 267 g/mol. The minimum absolute atomic E-state index is 0.501. The number of nitrogens with one attached hydrogen (secondary N) is 2. The predicted octanol–water partition coefficient (Wildman–Crippen LogP) is 2.58. The predicted molar refractivity (Wildman–Crippen MR) is 81.6 cm³/mol. The van der Waals surface area contributed by atoms with E-state index in [4.69, 9.17) is 5.73 Å². The smallest absolute Gasteiger partial charge is 0.179 e. The molecule has 0 fully saturated rings. The van der Waals surface area contributed by atoms with Crippen LogP contribution in [-0.2, 0) is 6.42 Å². The largest absolute Gasteiger partial charge is 0.385 e. The molecule has 0 amide bonds. The summed E-state index contributed by atoms with van der Waals surface area (Å²) in [5, 5.41) is 3.38. The number of nitrogens with zero attached hydrogens (tertiary/aromatic N) is 2. The van der Waals surface area contributed by atoms with Crippen LogP contribution in [0.5, 0.6) is 0 Å². The van der Waals surface area contributed by atoms with Crippen LogP contribution in [0.2, 0.25) is 0 Å². The number of aryl methyl sites for hydroxylation is 1. The summed E-state index contributed by atoms with van der Waals surface area (Å²) >= 11 is 0. The second kappa shape index (κ2) is 5.61. The summed E-state index contributed by atoms with van der Waals surface area (Å²) in [5.41, 5.74) is 8.42. The van der Waals surface area contributed by atoms with Gasteiger partial charge in [-0.1, -0.05) is 18.2 Å². The van der Waals surface area contributed by atoms with Crippen molar-refractivity contribution >= 4 is 22.7 Å².